The van der Waals surface area contributed by atoms with Crippen molar-refractivity contribution in [3.8, 4) is 0 Å². The first-order valence-electron chi connectivity index (χ1n) is 7.49. The summed E-state index contributed by atoms with van der Waals surface area (Å²) in [6.07, 6.45) is 5.24. The largest absolute Gasteiger partial charge is 0.384 e. The van der Waals surface area contributed by atoms with E-state index >= 15 is 0 Å². The molecule has 4 nitrogen and oxygen atoms in total. The maximum atomic E-state index is 12.5. The zero-order valence-electron chi connectivity index (χ0n) is 12.5. The zero-order chi connectivity index (χ0) is 14.3. The van der Waals surface area contributed by atoms with Crippen molar-refractivity contribution in [2.45, 2.75) is 57.2 Å². The number of rotatable bonds is 8. The van der Waals surface area contributed by atoms with Gasteiger partial charge < -0.3 is 10.1 Å². The van der Waals surface area contributed by atoms with E-state index in [4.69, 9.17) is 4.74 Å². The lowest BCUT2D eigenvalue weighted by Crippen LogP contribution is -2.49. The van der Waals surface area contributed by atoms with Crippen LogP contribution in [0.15, 0.2) is 0 Å². The van der Waals surface area contributed by atoms with Gasteiger partial charge in [-0.3, -0.25) is 0 Å². The molecule has 3 atom stereocenters. The van der Waals surface area contributed by atoms with Crippen LogP contribution in [-0.4, -0.2) is 45.7 Å². The van der Waals surface area contributed by atoms with E-state index in [1.807, 2.05) is 6.92 Å². The van der Waals surface area contributed by atoms with Crippen molar-refractivity contribution >= 4 is 9.84 Å². The summed E-state index contributed by atoms with van der Waals surface area (Å²) in [6.45, 7) is 5.34. The van der Waals surface area contributed by atoms with Crippen LogP contribution in [0.25, 0.3) is 0 Å². The van der Waals surface area contributed by atoms with Gasteiger partial charge in [0.25, 0.3) is 0 Å². The molecule has 0 saturated heterocycles. The zero-order valence-corrected chi connectivity index (χ0v) is 13.3. The van der Waals surface area contributed by atoms with Crippen molar-refractivity contribution in [3.63, 3.8) is 0 Å². The summed E-state index contributed by atoms with van der Waals surface area (Å²) in [6, 6.07) is 0.125. The van der Waals surface area contributed by atoms with Crippen LogP contribution >= 0.6 is 0 Å². The third-order valence-electron chi connectivity index (χ3n) is 4.10. The first kappa shape index (κ1) is 16.9. The second kappa shape index (κ2) is 8.22. The van der Waals surface area contributed by atoms with E-state index in [1.165, 1.54) is 0 Å². The topological polar surface area (TPSA) is 55.4 Å². The lowest BCUT2D eigenvalue weighted by molar-refractivity contribution is 0.215. The quantitative estimate of drug-likeness (QED) is 0.743. The minimum atomic E-state index is -3.06. The number of hydrogen-bond donors (Lipinski definition) is 1. The molecule has 0 aromatic rings. The molecule has 114 valence electrons. The maximum absolute atomic E-state index is 12.5. The van der Waals surface area contributed by atoms with Gasteiger partial charge in [0.15, 0.2) is 9.84 Å². The van der Waals surface area contributed by atoms with Gasteiger partial charge in [0.2, 0.25) is 0 Å². The SMILES string of the molecule is CCCC1CCC(NCC)C(S(=O)(=O)CCOC)C1. The highest BCUT2D eigenvalue weighted by Crippen LogP contribution is 2.32. The van der Waals surface area contributed by atoms with Crippen molar-refractivity contribution in [2.75, 3.05) is 26.0 Å². The second-order valence-corrected chi connectivity index (χ2v) is 7.87. The Morgan fingerprint density at radius 1 is 1.26 bits per heavy atom. The molecule has 1 N–H and O–H groups in total. The Morgan fingerprint density at radius 3 is 2.58 bits per heavy atom. The number of ether oxygens (including phenoxy) is 1. The molecule has 0 spiro atoms. The number of nitrogens with one attached hydrogen (secondary N) is 1. The number of hydrogen-bond acceptors (Lipinski definition) is 4. The van der Waals surface area contributed by atoms with Crippen molar-refractivity contribution in [2.24, 2.45) is 5.92 Å². The molecule has 0 aromatic carbocycles. The average molecular weight is 291 g/mol. The fourth-order valence-electron chi connectivity index (χ4n) is 3.13. The summed E-state index contributed by atoms with van der Waals surface area (Å²) >= 11 is 0. The summed E-state index contributed by atoms with van der Waals surface area (Å²) in [5.74, 6) is 0.719. The average Bonchev–Trinajstić information content (AvgIpc) is 2.39. The van der Waals surface area contributed by atoms with E-state index in [2.05, 4.69) is 12.2 Å². The molecule has 1 aliphatic carbocycles. The standard InChI is InChI=1S/C14H29NO3S/c1-4-6-12-7-8-13(15-5-2)14(11-12)19(16,17)10-9-18-3/h12-15H,4-11H2,1-3H3. The van der Waals surface area contributed by atoms with Gasteiger partial charge in [0, 0.05) is 13.2 Å². The predicted molar refractivity (Wildman–Crippen MR) is 79.2 cm³/mol. The third-order valence-corrected chi connectivity index (χ3v) is 6.28. The Morgan fingerprint density at radius 2 is 2.00 bits per heavy atom. The molecular weight excluding hydrogens is 262 g/mol. The molecule has 1 rings (SSSR count). The normalized spacial score (nSPS) is 28.5. The first-order valence-corrected chi connectivity index (χ1v) is 9.20. The third kappa shape index (κ3) is 5.04. The van der Waals surface area contributed by atoms with Crippen LogP contribution in [0, 0.1) is 5.92 Å². The molecule has 0 heterocycles. The summed E-state index contributed by atoms with van der Waals surface area (Å²) in [7, 11) is -1.50. The van der Waals surface area contributed by atoms with E-state index in [-0.39, 0.29) is 17.0 Å². The van der Waals surface area contributed by atoms with E-state index in [9.17, 15) is 8.42 Å². The van der Waals surface area contributed by atoms with Crippen molar-refractivity contribution in [1.82, 2.24) is 5.32 Å². The van der Waals surface area contributed by atoms with Crippen LogP contribution in [0.5, 0.6) is 0 Å². The molecule has 0 bridgehead atoms. The fourth-order valence-corrected chi connectivity index (χ4v) is 5.13. The first-order chi connectivity index (χ1) is 9.05. The van der Waals surface area contributed by atoms with Gasteiger partial charge >= 0.3 is 0 Å². The Balaban J connectivity index is 2.75. The van der Waals surface area contributed by atoms with Gasteiger partial charge in [-0.15, -0.1) is 0 Å². The Kier molecular flexibility index (Phi) is 7.32. The lowest BCUT2D eigenvalue weighted by Gasteiger charge is -2.36. The molecule has 1 aliphatic rings. The predicted octanol–water partition coefficient (Wildman–Crippen LogP) is 1.99. The molecule has 19 heavy (non-hydrogen) atoms. The molecule has 1 saturated carbocycles. The minimum absolute atomic E-state index is 0.125. The number of sulfone groups is 1. The van der Waals surface area contributed by atoms with Crippen LogP contribution in [0.1, 0.15) is 46.0 Å². The van der Waals surface area contributed by atoms with Crippen LogP contribution < -0.4 is 5.32 Å². The Bertz CT molecular complexity index is 343. The van der Waals surface area contributed by atoms with Gasteiger partial charge in [-0.05, 0) is 31.7 Å². The smallest absolute Gasteiger partial charge is 0.156 e. The van der Waals surface area contributed by atoms with Gasteiger partial charge in [0.05, 0.1) is 17.6 Å². The van der Waals surface area contributed by atoms with Gasteiger partial charge in [-0.25, -0.2) is 8.42 Å². The van der Waals surface area contributed by atoms with Crippen LogP contribution in [0.2, 0.25) is 0 Å². The molecule has 3 unspecified atom stereocenters. The fraction of sp³-hybridized carbons (Fsp3) is 1.00. The minimum Gasteiger partial charge on any atom is -0.384 e. The van der Waals surface area contributed by atoms with E-state index in [0.717, 1.165) is 38.6 Å². The number of methoxy groups -OCH3 is 1. The van der Waals surface area contributed by atoms with Crippen molar-refractivity contribution in [3.05, 3.63) is 0 Å². The Labute approximate surface area is 118 Å². The van der Waals surface area contributed by atoms with Gasteiger partial charge in [0.1, 0.15) is 0 Å². The van der Waals surface area contributed by atoms with E-state index in [1.54, 1.807) is 7.11 Å². The lowest BCUT2D eigenvalue weighted by atomic mass is 9.83. The molecule has 0 aromatic heterocycles. The highest BCUT2D eigenvalue weighted by atomic mass is 32.2. The molecule has 1 fully saturated rings. The van der Waals surface area contributed by atoms with Gasteiger partial charge in [-0.1, -0.05) is 26.7 Å². The molecule has 0 aliphatic heterocycles. The van der Waals surface area contributed by atoms with E-state index < -0.39 is 9.84 Å². The van der Waals surface area contributed by atoms with Crippen LogP contribution in [0.4, 0.5) is 0 Å². The van der Waals surface area contributed by atoms with E-state index in [0.29, 0.717) is 12.5 Å². The molecule has 5 heteroatoms. The summed E-state index contributed by atoms with van der Waals surface area (Å²) in [5, 5.41) is 3.13. The second-order valence-electron chi connectivity index (χ2n) is 5.53. The molecular formula is C14H29NO3S. The molecule has 0 radical (unpaired) electrons. The monoisotopic (exact) mass is 291 g/mol. The van der Waals surface area contributed by atoms with Gasteiger partial charge in [-0.2, -0.15) is 0 Å². The Hall–Kier alpha value is -0.130. The summed E-state index contributed by atoms with van der Waals surface area (Å²) in [4.78, 5) is 0. The molecule has 0 amide bonds. The van der Waals surface area contributed by atoms with Crippen molar-refractivity contribution in [1.29, 1.82) is 0 Å². The summed E-state index contributed by atoms with van der Waals surface area (Å²) in [5.41, 5.74) is 0. The highest BCUT2D eigenvalue weighted by molar-refractivity contribution is 7.92. The van der Waals surface area contributed by atoms with Crippen LogP contribution in [-0.2, 0) is 14.6 Å². The van der Waals surface area contributed by atoms with Crippen LogP contribution in [0.3, 0.4) is 0 Å². The summed E-state index contributed by atoms with van der Waals surface area (Å²) < 4.78 is 29.9. The maximum Gasteiger partial charge on any atom is 0.156 e. The highest BCUT2D eigenvalue weighted by Gasteiger charge is 2.37. The van der Waals surface area contributed by atoms with Crippen molar-refractivity contribution < 1.29 is 13.2 Å².